The molecule has 8 heteroatoms. The van der Waals surface area contributed by atoms with Crippen LogP contribution in [0.2, 0.25) is 10.0 Å². The quantitative estimate of drug-likeness (QED) is 0.315. The van der Waals surface area contributed by atoms with Crippen molar-refractivity contribution >= 4 is 40.1 Å². The molecule has 2 aliphatic carbocycles. The van der Waals surface area contributed by atoms with Crippen LogP contribution in [0, 0.1) is 11.7 Å². The Morgan fingerprint density at radius 1 is 1.03 bits per heavy atom. The fraction of sp³-hybridized carbons (Fsp3) is 0.517. The van der Waals surface area contributed by atoms with E-state index < -0.39 is 0 Å². The number of benzene rings is 2. The minimum atomic E-state index is -0.383. The van der Waals surface area contributed by atoms with Gasteiger partial charge in [-0.05, 0) is 61.9 Å². The molecule has 1 amide bonds. The van der Waals surface area contributed by atoms with Crippen molar-refractivity contribution in [3.63, 3.8) is 0 Å². The molecule has 37 heavy (non-hydrogen) atoms. The summed E-state index contributed by atoms with van der Waals surface area (Å²) >= 11 is 12.3. The number of fused-ring (bicyclic) bond motifs is 1. The van der Waals surface area contributed by atoms with E-state index in [9.17, 15) is 9.18 Å². The first-order valence-corrected chi connectivity index (χ1v) is 14.3. The molecule has 1 unspecified atom stereocenters. The summed E-state index contributed by atoms with van der Waals surface area (Å²) in [5, 5.41) is 4.36. The molecule has 0 bridgehead atoms. The maximum absolute atomic E-state index is 14.2. The fourth-order valence-electron chi connectivity index (χ4n) is 5.98. The van der Waals surface area contributed by atoms with Crippen molar-refractivity contribution in [1.29, 1.82) is 0 Å². The predicted molar refractivity (Wildman–Crippen MR) is 146 cm³/mol. The van der Waals surface area contributed by atoms with Gasteiger partial charge in [0.15, 0.2) is 0 Å². The van der Waals surface area contributed by atoms with Crippen LogP contribution in [0.25, 0.3) is 11.0 Å². The Kier molecular flexibility index (Phi) is 8.56. The zero-order valence-electron chi connectivity index (χ0n) is 21.0. The van der Waals surface area contributed by atoms with Crippen molar-refractivity contribution in [2.75, 3.05) is 6.61 Å². The second-order valence-electron chi connectivity index (χ2n) is 10.4. The molecule has 1 N–H and O–H groups in total. The Morgan fingerprint density at radius 2 is 1.76 bits per heavy atom. The van der Waals surface area contributed by atoms with Crippen LogP contribution in [0.15, 0.2) is 36.4 Å². The number of amides is 1. The minimum absolute atomic E-state index is 0.0605. The number of rotatable bonds is 8. The number of carbonyl (C=O) groups excluding carboxylic acids is 1. The van der Waals surface area contributed by atoms with E-state index in [1.54, 1.807) is 24.3 Å². The van der Waals surface area contributed by atoms with Gasteiger partial charge in [-0.2, -0.15) is 0 Å². The molecule has 0 saturated heterocycles. The molecule has 2 fully saturated rings. The van der Waals surface area contributed by atoms with Gasteiger partial charge in [0.05, 0.1) is 22.7 Å². The third-order valence-electron chi connectivity index (χ3n) is 7.80. The molecule has 3 aromatic rings. The van der Waals surface area contributed by atoms with Gasteiger partial charge >= 0.3 is 0 Å². The van der Waals surface area contributed by atoms with Gasteiger partial charge in [0, 0.05) is 23.6 Å². The molecule has 5 nitrogen and oxygen atoms in total. The lowest BCUT2D eigenvalue weighted by molar-refractivity contribution is -0.127. The topological polar surface area (TPSA) is 56.2 Å². The average Bonchev–Trinajstić information content (AvgIpc) is 3.23. The maximum Gasteiger partial charge on any atom is 0.243 e. The van der Waals surface area contributed by atoms with Crippen molar-refractivity contribution < 1.29 is 13.9 Å². The first-order valence-electron chi connectivity index (χ1n) is 13.5. The van der Waals surface area contributed by atoms with E-state index in [-0.39, 0.29) is 29.7 Å². The lowest BCUT2D eigenvalue weighted by Crippen LogP contribution is -2.43. The molecule has 1 atom stereocenters. The largest absolute Gasteiger partial charge is 0.492 e. The molecule has 0 radical (unpaired) electrons. The number of aromatic nitrogens is 2. The lowest BCUT2D eigenvalue weighted by Gasteiger charge is -2.33. The van der Waals surface area contributed by atoms with Gasteiger partial charge in [-0.25, -0.2) is 9.37 Å². The SMILES string of the molecule is O=C(NC1CCCCC1)C(C1CCCCC1)n1c(CCOc2ccc(Cl)cc2Cl)nc2cc(F)ccc21. The molecule has 198 valence electrons. The van der Waals surface area contributed by atoms with Gasteiger partial charge in [-0.3, -0.25) is 4.79 Å². The molecule has 0 spiro atoms. The molecule has 2 aromatic carbocycles. The van der Waals surface area contributed by atoms with Crippen molar-refractivity contribution in [3.05, 3.63) is 58.1 Å². The van der Waals surface area contributed by atoms with Crippen molar-refractivity contribution in [2.45, 2.75) is 82.7 Å². The second kappa shape index (κ2) is 12.0. The van der Waals surface area contributed by atoms with Crippen molar-refractivity contribution in [1.82, 2.24) is 14.9 Å². The van der Waals surface area contributed by atoms with Crippen LogP contribution >= 0.6 is 23.2 Å². The van der Waals surface area contributed by atoms with E-state index in [2.05, 4.69) is 9.88 Å². The molecule has 2 aliphatic rings. The fourth-order valence-corrected chi connectivity index (χ4v) is 6.44. The Hall–Kier alpha value is -2.31. The van der Waals surface area contributed by atoms with Crippen molar-refractivity contribution in [2.24, 2.45) is 5.92 Å². The standard InChI is InChI=1S/C29H34Cl2FN3O2/c30-20-11-14-26(23(31)17-20)37-16-15-27-34-24-18-21(32)12-13-25(24)35(27)28(19-7-3-1-4-8-19)29(36)33-22-9-5-2-6-10-22/h11-14,17-19,22,28H,1-10,15-16H2,(H,33,36). The molecule has 0 aliphatic heterocycles. The monoisotopic (exact) mass is 545 g/mol. The number of nitrogens with one attached hydrogen (secondary N) is 1. The molecular weight excluding hydrogens is 512 g/mol. The lowest BCUT2D eigenvalue weighted by atomic mass is 9.82. The Bertz CT molecular complexity index is 1240. The molecule has 5 rings (SSSR count). The van der Waals surface area contributed by atoms with Gasteiger partial charge in [0.25, 0.3) is 0 Å². The highest BCUT2D eigenvalue weighted by Crippen LogP contribution is 2.37. The second-order valence-corrected chi connectivity index (χ2v) is 11.2. The average molecular weight is 547 g/mol. The number of carbonyl (C=O) groups is 1. The highest BCUT2D eigenvalue weighted by Gasteiger charge is 2.35. The normalized spacial score (nSPS) is 18.1. The van der Waals surface area contributed by atoms with Crippen LogP contribution < -0.4 is 10.1 Å². The summed E-state index contributed by atoms with van der Waals surface area (Å²) in [4.78, 5) is 18.7. The van der Waals surface area contributed by atoms with Crippen LogP contribution in [-0.2, 0) is 11.2 Å². The molecule has 1 heterocycles. The van der Waals surface area contributed by atoms with Gasteiger partial charge in [-0.15, -0.1) is 0 Å². The van der Waals surface area contributed by atoms with Gasteiger partial charge < -0.3 is 14.6 Å². The van der Waals surface area contributed by atoms with Crippen LogP contribution in [0.4, 0.5) is 4.39 Å². The highest BCUT2D eigenvalue weighted by molar-refractivity contribution is 6.35. The summed E-state index contributed by atoms with van der Waals surface area (Å²) in [7, 11) is 0. The van der Waals surface area contributed by atoms with Crippen molar-refractivity contribution in [3.8, 4) is 5.75 Å². The van der Waals surface area contributed by atoms with Gasteiger partial charge in [0.1, 0.15) is 23.4 Å². The number of nitrogens with zero attached hydrogens (tertiary/aromatic N) is 2. The summed E-state index contributed by atoms with van der Waals surface area (Å²) in [5.74, 6) is 1.20. The predicted octanol–water partition coefficient (Wildman–Crippen LogP) is 7.67. The van der Waals surface area contributed by atoms with Crippen LogP contribution in [0.3, 0.4) is 0 Å². The summed E-state index contributed by atoms with van der Waals surface area (Å²) in [6.07, 6.45) is 11.5. The maximum atomic E-state index is 14.2. The van der Waals surface area contributed by atoms with E-state index in [1.165, 1.54) is 25.0 Å². The Morgan fingerprint density at radius 3 is 2.49 bits per heavy atom. The van der Waals surface area contributed by atoms with E-state index in [4.69, 9.17) is 32.9 Å². The molecular formula is C29H34Cl2FN3O2. The van der Waals surface area contributed by atoms with Gasteiger partial charge in [-0.1, -0.05) is 61.7 Å². The third-order valence-corrected chi connectivity index (χ3v) is 8.33. The summed E-state index contributed by atoms with van der Waals surface area (Å²) in [6.45, 7) is 0.314. The minimum Gasteiger partial charge on any atom is -0.492 e. The molecule has 1 aromatic heterocycles. The first-order chi connectivity index (χ1) is 18.0. The molecule has 2 saturated carbocycles. The zero-order chi connectivity index (χ0) is 25.8. The Labute approximate surface area is 227 Å². The zero-order valence-corrected chi connectivity index (χ0v) is 22.5. The Balaban J connectivity index is 1.46. The van der Waals surface area contributed by atoms with Crippen LogP contribution in [0.1, 0.15) is 76.1 Å². The number of halogens is 3. The van der Waals surface area contributed by atoms with Crippen LogP contribution in [0.5, 0.6) is 5.75 Å². The smallest absolute Gasteiger partial charge is 0.243 e. The number of hydrogen-bond acceptors (Lipinski definition) is 3. The van der Waals surface area contributed by atoms with Gasteiger partial charge in [0.2, 0.25) is 5.91 Å². The summed E-state index contributed by atoms with van der Waals surface area (Å²) in [5.41, 5.74) is 1.35. The summed E-state index contributed by atoms with van der Waals surface area (Å²) < 4.78 is 22.2. The van der Waals surface area contributed by atoms with Crippen LogP contribution in [-0.4, -0.2) is 28.1 Å². The van der Waals surface area contributed by atoms with E-state index in [1.807, 2.05) is 0 Å². The van der Waals surface area contributed by atoms with E-state index in [0.29, 0.717) is 34.3 Å². The van der Waals surface area contributed by atoms with E-state index >= 15 is 0 Å². The summed E-state index contributed by atoms with van der Waals surface area (Å²) in [6, 6.07) is 9.60. The first kappa shape index (κ1) is 26.3. The third kappa shape index (κ3) is 6.23. The van der Waals surface area contributed by atoms with E-state index in [0.717, 1.165) is 62.7 Å². The highest BCUT2D eigenvalue weighted by atomic mass is 35.5. The number of hydrogen-bond donors (Lipinski definition) is 1. The number of imidazole rings is 1. The number of ether oxygens (including phenoxy) is 1.